The molecule has 0 aliphatic carbocycles. The van der Waals surface area contributed by atoms with Crippen molar-refractivity contribution in [3.05, 3.63) is 40.5 Å². The fourth-order valence-corrected chi connectivity index (χ4v) is 2.26. The fourth-order valence-electron chi connectivity index (χ4n) is 1.86. The van der Waals surface area contributed by atoms with Crippen LogP contribution in [0.25, 0.3) is 11.3 Å². The predicted octanol–water partition coefficient (Wildman–Crippen LogP) is 3.35. The van der Waals surface area contributed by atoms with Crippen LogP contribution in [0.1, 0.15) is 19.4 Å². The van der Waals surface area contributed by atoms with Gasteiger partial charge in [0.05, 0.1) is 5.69 Å². The number of rotatable bonds is 4. The highest BCUT2D eigenvalue weighted by molar-refractivity contribution is 9.10. The van der Waals surface area contributed by atoms with E-state index in [1.165, 1.54) is 5.56 Å². The molecule has 0 atom stereocenters. The minimum absolute atomic E-state index is 0.473. The van der Waals surface area contributed by atoms with Crippen LogP contribution in [0, 0.1) is 0 Å². The first-order valence-electron chi connectivity index (χ1n) is 6.08. The summed E-state index contributed by atoms with van der Waals surface area (Å²) in [7, 11) is 1.96. The smallest absolute Gasteiger partial charge is 0.0968 e. The molecule has 0 aliphatic rings. The molecule has 1 aromatic heterocycles. The first-order chi connectivity index (χ1) is 8.56. The third kappa shape index (κ3) is 3.21. The molecular formula is C14H18BrN3. The van der Waals surface area contributed by atoms with Gasteiger partial charge in [0.1, 0.15) is 0 Å². The van der Waals surface area contributed by atoms with Crippen molar-refractivity contribution < 1.29 is 0 Å². The molecule has 0 spiro atoms. The molecule has 0 saturated heterocycles. The van der Waals surface area contributed by atoms with E-state index in [0.717, 1.165) is 22.3 Å². The lowest BCUT2D eigenvalue weighted by Gasteiger charge is -2.08. The van der Waals surface area contributed by atoms with Crippen molar-refractivity contribution in [2.75, 3.05) is 0 Å². The molecular weight excluding hydrogens is 290 g/mol. The lowest BCUT2D eigenvalue weighted by Crippen LogP contribution is -2.21. The third-order valence-electron chi connectivity index (χ3n) is 2.70. The zero-order chi connectivity index (χ0) is 13.1. The number of benzene rings is 1. The Labute approximate surface area is 116 Å². The van der Waals surface area contributed by atoms with Crippen molar-refractivity contribution in [2.45, 2.75) is 26.4 Å². The van der Waals surface area contributed by atoms with Crippen LogP contribution in [0.2, 0.25) is 0 Å². The Bertz CT molecular complexity index is 532. The Balaban J connectivity index is 2.32. The number of hydrogen-bond acceptors (Lipinski definition) is 2. The number of nitrogens with zero attached hydrogens (tertiary/aromatic N) is 2. The Kier molecular flexibility index (Phi) is 4.19. The molecule has 2 aromatic rings. The van der Waals surface area contributed by atoms with Gasteiger partial charge in [-0.15, -0.1) is 0 Å². The van der Waals surface area contributed by atoms with Crippen LogP contribution >= 0.6 is 15.9 Å². The highest BCUT2D eigenvalue weighted by Gasteiger charge is 2.10. The summed E-state index contributed by atoms with van der Waals surface area (Å²) in [6, 6.07) is 8.72. The van der Waals surface area contributed by atoms with E-state index < -0.39 is 0 Å². The Hall–Kier alpha value is -1.13. The summed E-state index contributed by atoms with van der Waals surface area (Å²) in [5, 5.41) is 7.99. The monoisotopic (exact) mass is 307 g/mol. The van der Waals surface area contributed by atoms with Crippen LogP contribution < -0.4 is 5.32 Å². The van der Waals surface area contributed by atoms with Gasteiger partial charge in [-0.05, 0) is 12.1 Å². The normalized spacial score (nSPS) is 11.2. The number of hydrogen-bond donors (Lipinski definition) is 1. The molecule has 0 aliphatic heterocycles. The standard InChI is InChI=1S/C14H18BrN3/c1-10(2)16-8-12-9-18(3)17-14(12)11-5-4-6-13(15)7-11/h4-7,9-10,16H,8H2,1-3H3. The number of aryl methyl sites for hydroxylation is 1. The van der Waals surface area contributed by atoms with Crippen LogP contribution in [-0.2, 0) is 13.6 Å². The summed E-state index contributed by atoms with van der Waals surface area (Å²) in [6.45, 7) is 5.14. The van der Waals surface area contributed by atoms with Gasteiger partial charge in [-0.1, -0.05) is 41.9 Å². The SMILES string of the molecule is CC(C)NCc1cn(C)nc1-c1cccc(Br)c1. The van der Waals surface area contributed by atoms with E-state index in [1.807, 2.05) is 23.9 Å². The molecule has 3 nitrogen and oxygen atoms in total. The summed E-state index contributed by atoms with van der Waals surface area (Å²) in [4.78, 5) is 0. The van der Waals surface area contributed by atoms with Crippen molar-refractivity contribution in [3.8, 4) is 11.3 Å². The Morgan fingerprint density at radius 1 is 1.39 bits per heavy atom. The van der Waals surface area contributed by atoms with Gasteiger partial charge >= 0.3 is 0 Å². The summed E-state index contributed by atoms with van der Waals surface area (Å²) in [6.07, 6.45) is 2.08. The molecule has 0 bridgehead atoms. The van der Waals surface area contributed by atoms with Gasteiger partial charge in [0.2, 0.25) is 0 Å². The van der Waals surface area contributed by atoms with Crippen molar-refractivity contribution in [1.82, 2.24) is 15.1 Å². The number of aromatic nitrogens is 2. The lowest BCUT2D eigenvalue weighted by molar-refractivity contribution is 0.589. The Morgan fingerprint density at radius 3 is 2.83 bits per heavy atom. The fraction of sp³-hybridized carbons (Fsp3) is 0.357. The lowest BCUT2D eigenvalue weighted by atomic mass is 10.1. The second kappa shape index (κ2) is 5.67. The van der Waals surface area contributed by atoms with Gasteiger partial charge in [-0.3, -0.25) is 4.68 Å². The maximum Gasteiger partial charge on any atom is 0.0968 e. The van der Waals surface area contributed by atoms with Gasteiger partial charge < -0.3 is 5.32 Å². The number of halogens is 1. The van der Waals surface area contributed by atoms with Crippen LogP contribution in [0.5, 0.6) is 0 Å². The highest BCUT2D eigenvalue weighted by Crippen LogP contribution is 2.24. The molecule has 96 valence electrons. The molecule has 18 heavy (non-hydrogen) atoms. The van der Waals surface area contributed by atoms with E-state index in [-0.39, 0.29) is 0 Å². The second-order valence-corrected chi connectivity index (χ2v) is 5.64. The molecule has 0 amide bonds. The van der Waals surface area contributed by atoms with E-state index in [9.17, 15) is 0 Å². The van der Waals surface area contributed by atoms with Crippen LogP contribution in [0.4, 0.5) is 0 Å². The van der Waals surface area contributed by atoms with Gasteiger partial charge in [0.15, 0.2) is 0 Å². The maximum absolute atomic E-state index is 4.56. The summed E-state index contributed by atoms with van der Waals surface area (Å²) in [5.41, 5.74) is 3.42. The van der Waals surface area contributed by atoms with E-state index in [1.54, 1.807) is 0 Å². The molecule has 4 heteroatoms. The van der Waals surface area contributed by atoms with Crippen molar-refractivity contribution in [2.24, 2.45) is 7.05 Å². The second-order valence-electron chi connectivity index (χ2n) is 4.72. The van der Waals surface area contributed by atoms with E-state index in [2.05, 4.69) is 58.5 Å². The summed E-state index contributed by atoms with van der Waals surface area (Å²) >= 11 is 3.50. The van der Waals surface area contributed by atoms with Crippen molar-refractivity contribution >= 4 is 15.9 Å². The average Bonchev–Trinajstić information content (AvgIpc) is 2.68. The first-order valence-corrected chi connectivity index (χ1v) is 6.87. The topological polar surface area (TPSA) is 29.9 Å². The Morgan fingerprint density at radius 2 is 2.17 bits per heavy atom. The molecule has 1 N–H and O–H groups in total. The molecule has 0 unspecified atom stereocenters. The van der Waals surface area contributed by atoms with Crippen molar-refractivity contribution in [3.63, 3.8) is 0 Å². The van der Waals surface area contributed by atoms with E-state index >= 15 is 0 Å². The van der Waals surface area contributed by atoms with Gasteiger partial charge in [-0.25, -0.2) is 0 Å². The molecule has 1 aromatic carbocycles. The van der Waals surface area contributed by atoms with Crippen LogP contribution in [0.3, 0.4) is 0 Å². The van der Waals surface area contributed by atoms with Crippen molar-refractivity contribution in [1.29, 1.82) is 0 Å². The third-order valence-corrected chi connectivity index (χ3v) is 3.20. The first kappa shape index (κ1) is 13.3. The minimum Gasteiger partial charge on any atom is -0.310 e. The molecule has 0 fully saturated rings. The maximum atomic E-state index is 4.56. The predicted molar refractivity (Wildman–Crippen MR) is 78.3 cm³/mol. The van der Waals surface area contributed by atoms with Gasteiger partial charge in [-0.2, -0.15) is 5.10 Å². The van der Waals surface area contributed by atoms with Gasteiger partial charge in [0, 0.05) is 41.4 Å². The van der Waals surface area contributed by atoms with E-state index in [0.29, 0.717) is 6.04 Å². The quantitative estimate of drug-likeness (QED) is 0.939. The number of nitrogens with one attached hydrogen (secondary N) is 1. The highest BCUT2D eigenvalue weighted by atomic mass is 79.9. The minimum atomic E-state index is 0.473. The summed E-state index contributed by atoms with van der Waals surface area (Å²) < 4.78 is 2.95. The average molecular weight is 308 g/mol. The van der Waals surface area contributed by atoms with E-state index in [4.69, 9.17) is 0 Å². The van der Waals surface area contributed by atoms with Crippen LogP contribution in [-0.4, -0.2) is 15.8 Å². The summed E-state index contributed by atoms with van der Waals surface area (Å²) in [5.74, 6) is 0. The largest absolute Gasteiger partial charge is 0.310 e. The zero-order valence-electron chi connectivity index (χ0n) is 10.9. The molecule has 0 radical (unpaired) electrons. The van der Waals surface area contributed by atoms with Crippen LogP contribution in [0.15, 0.2) is 34.9 Å². The zero-order valence-corrected chi connectivity index (χ0v) is 12.5. The molecule has 1 heterocycles. The van der Waals surface area contributed by atoms with Gasteiger partial charge in [0.25, 0.3) is 0 Å². The molecule has 0 saturated carbocycles. The molecule has 2 rings (SSSR count).